The van der Waals surface area contributed by atoms with Gasteiger partial charge in [0.25, 0.3) is 0 Å². The largest absolute Gasteiger partial charge is 0.383 e. The summed E-state index contributed by atoms with van der Waals surface area (Å²) in [5, 5.41) is 9.48. The Morgan fingerprint density at radius 3 is 2.58 bits per heavy atom. The number of rotatable bonds is 7. The van der Waals surface area contributed by atoms with Gasteiger partial charge in [-0.25, -0.2) is 9.97 Å². The lowest BCUT2D eigenvalue weighted by Gasteiger charge is -2.22. The zero-order valence-corrected chi connectivity index (χ0v) is 18.6. The minimum Gasteiger partial charge on any atom is -0.383 e. The number of methoxy groups -OCH3 is 1. The maximum atomic E-state index is 6.15. The summed E-state index contributed by atoms with van der Waals surface area (Å²) in [4.78, 5) is 18.8. The summed E-state index contributed by atoms with van der Waals surface area (Å²) in [5.74, 6) is 0.841. The van der Waals surface area contributed by atoms with Crippen LogP contribution in [-0.4, -0.2) is 59.8 Å². The monoisotopic (exact) mass is 444 g/mol. The Labute approximate surface area is 189 Å². The highest BCUT2D eigenvalue weighted by Crippen LogP contribution is 2.33. The molecule has 0 aliphatic rings. The number of H-pyrrole nitrogens is 1. The summed E-state index contributed by atoms with van der Waals surface area (Å²) in [6.45, 7) is 1.10. The Bertz CT molecular complexity index is 1420. The number of ether oxygens (including phenoxy) is 1. The van der Waals surface area contributed by atoms with Gasteiger partial charge in [-0.2, -0.15) is 15.2 Å². The number of anilines is 3. The maximum Gasteiger partial charge on any atom is 0.222 e. The van der Waals surface area contributed by atoms with Crippen molar-refractivity contribution in [1.82, 2.24) is 39.5 Å². The van der Waals surface area contributed by atoms with Gasteiger partial charge in [0.2, 0.25) is 5.95 Å². The van der Waals surface area contributed by atoms with Crippen molar-refractivity contribution in [3.8, 4) is 22.4 Å². The van der Waals surface area contributed by atoms with Crippen LogP contribution in [0, 0.1) is 0 Å². The number of hydrogen-bond donors (Lipinski definition) is 2. The van der Waals surface area contributed by atoms with E-state index in [-0.39, 0.29) is 5.95 Å². The van der Waals surface area contributed by atoms with Gasteiger partial charge in [0, 0.05) is 80.7 Å². The molecule has 0 aliphatic heterocycles. The molecule has 11 heteroatoms. The van der Waals surface area contributed by atoms with Crippen LogP contribution in [-0.2, 0) is 18.8 Å². The SMILES string of the molecule is COCCN(c1cnn(C)c1)c1cc(-c2c[nH]c3ncc(-c4cnn(C)c4)cc23)nc(N)n1. The molecule has 3 N–H and O–H groups in total. The molecule has 5 aromatic rings. The minimum atomic E-state index is 0.180. The van der Waals surface area contributed by atoms with Crippen LogP contribution >= 0.6 is 0 Å². The zero-order chi connectivity index (χ0) is 22.9. The summed E-state index contributed by atoms with van der Waals surface area (Å²) in [6, 6.07) is 3.99. The van der Waals surface area contributed by atoms with Gasteiger partial charge in [0.1, 0.15) is 11.5 Å². The molecule has 0 saturated heterocycles. The molecule has 5 heterocycles. The lowest BCUT2D eigenvalue weighted by atomic mass is 10.1. The molecule has 5 aromatic heterocycles. The third kappa shape index (κ3) is 4.01. The van der Waals surface area contributed by atoms with Gasteiger partial charge in [-0.05, 0) is 6.07 Å². The molecule has 33 heavy (non-hydrogen) atoms. The number of nitrogens with two attached hydrogens (primary N) is 1. The normalized spacial score (nSPS) is 11.4. The molecule has 0 aromatic carbocycles. The lowest BCUT2D eigenvalue weighted by molar-refractivity contribution is 0.207. The number of aryl methyl sites for hydroxylation is 2. The van der Waals surface area contributed by atoms with Crippen LogP contribution in [0.1, 0.15) is 0 Å². The first-order chi connectivity index (χ1) is 16.0. The first kappa shape index (κ1) is 20.6. The predicted molar refractivity (Wildman–Crippen MR) is 126 cm³/mol. The summed E-state index contributed by atoms with van der Waals surface area (Å²) >= 11 is 0. The summed E-state index contributed by atoms with van der Waals surface area (Å²) in [7, 11) is 5.43. The Hall–Kier alpha value is -4.25. The van der Waals surface area contributed by atoms with Crippen LogP contribution in [0.3, 0.4) is 0 Å². The van der Waals surface area contributed by atoms with Crippen molar-refractivity contribution >= 4 is 28.5 Å². The molecule has 5 rings (SSSR count). The number of nitrogens with one attached hydrogen (secondary N) is 1. The highest BCUT2D eigenvalue weighted by molar-refractivity contribution is 5.95. The van der Waals surface area contributed by atoms with E-state index in [9.17, 15) is 0 Å². The average Bonchev–Trinajstić information content (AvgIpc) is 3.53. The van der Waals surface area contributed by atoms with Crippen molar-refractivity contribution in [2.24, 2.45) is 14.1 Å². The molecule has 0 unspecified atom stereocenters. The molecule has 0 bridgehead atoms. The number of fused-ring (bicyclic) bond motifs is 1. The quantitative estimate of drug-likeness (QED) is 0.392. The molecule has 0 radical (unpaired) electrons. The second kappa shape index (κ2) is 8.36. The lowest BCUT2D eigenvalue weighted by Crippen LogP contribution is -2.23. The highest BCUT2D eigenvalue weighted by atomic mass is 16.5. The molecule has 0 spiro atoms. The van der Waals surface area contributed by atoms with Crippen molar-refractivity contribution in [3.63, 3.8) is 0 Å². The van der Waals surface area contributed by atoms with Gasteiger partial charge in [0.05, 0.1) is 30.4 Å². The Morgan fingerprint density at radius 2 is 1.85 bits per heavy atom. The summed E-state index contributed by atoms with van der Waals surface area (Å²) < 4.78 is 8.81. The van der Waals surface area contributed by atoms with Gasteiger partial charge in [-0.15, -0.1) is 0 Å². The first-order valence-corrected chi connectivity index (χ1v) is 10.4. The van der Waals surface area contributed by atoms with Crippen LogP contribution < -0.4 is 10.6 Å². The standard InChI is InChI=1S/C22H24N10O/c1-30-12-15(9-26-30)14-6-17-18(11-25-21(17)24-8-14)19-7-20(29-22(23)28-19)32(4-5-33-3)16-10-27-31(2)13-16/h6-13H,4-5H2,1-3H3,(H,24,25)(H2,23,28,29). The van der Waals surface area contributed by atoms with Crippen LogP contribution in [0.2, 0.25) is 0 Å². The molecular weight excluding hydrogens is 420 g/mol. The molecule has 0 atom stereocenters. The van der Waals surface area contributed by atoms with Crippen molar-refractivity contribution in [2.45, 2.75) is 0 Å². The maximum absolute atomic E-state index is 6.15. The van der Waals surface area contributed by atoms with Gasteiger partial charge in [0.15, 0.2) is 0 Å². The van der Waals surface area contributed by atoms with Crippen LogP contribution in [0.15, 0.2) is 49.3 Å². The van der Waals surface area contributed by atoms with Gasteiger partial charge in [-0.1, -0.05) is 0 Å². The molecule has 0 aliphatic carbocycles. The molecule has 168 valence electrons. The molecular formula is C22H24N10O. The summed E-state index contributed by atoms with van der Waals surface area (Å²) in [6.07, 6.45) is 11.2. The van der Waals surface area contributed by atoms with Crippen molar-refractivity contribution in [3.05, 3.63) is 49.3 Å². The number of nitrogen functional groups attached to an aromatic ring is 1. The molecule has 0 saturated carbocycles. The Balaban J connectivity index is 1.60. The van der Waals surface area contributed by atoms with Gasteiger partial charge < -0.3 is 20.4 Å². The molecule has 0 fully saturated rings. The minimum absolute atomic E-state index is 0.180. The first-order valence-electron chi connectivity index (χ1n) is 10.4. The zero-order valence-electron chi connectivity index (χ0n) is 18.6. The second-order valence-electron chi connectivity index (χ2n) is 7.71. The van der Waals surface area contributed by atoms with E-state index in [1.165, 1.54) is 0 Å². The average molecular weight is 445 g/mol. The van der Waals surface area contributed by atoms with Crippen molar-refractivity contribution in [2.75, 3.05) is 30.9 Å². The van der Waals surface area contributed by atoms with Crippen LogP contribution in [0.25, 0.3) is 33.4 Å². The number of hydrogen-bond acceptors (Lipinski definition) is 8. The molecule has 11 nitrogen and oxygen atoms in total. The van der Waals surface area contributed by atoms with Gasteiger partial charge in [-0.3, -0.25) is 9.36 Å². The van der Waals surface area contributed by atoms with Crippen molar-refractivity contribution < 1.29 is 4.74 Å². The van der Waals surface area contributed by atoms with E-state index in [2.05, 4.69) is 36.2 Å². The van der Waals surface area contributed by atoms with E-state index in [1.54, 1.807) is 22.7 Å². The van der Waals surface area contributed by atoms with Gasteiger partial charge >= 0.3 is 0 Å². The van der Waals surface area contributed by atoms with Crippen LogP contribution in [0.4, 0.5) is 17.5 Å². The van der Waals surface area contributed by atoms with E-state index in [1.807, 2.05) is 56.0 Å². The number of pyridine rings is 1. The Kier molecular flexibility index (Phi) is 5.23. The number of aromatic amines is 1. The fourth-order valence-electron chi connectivity index (χ4n) is 3.78. The Morgan fingerprint density at radius 1 is 1.03 bits per heavy atom. The van der Waals surface area contributed by atoms with Crippen molar-refractivity contribution in [1.29, 1.82) is 0 Å². The van der Waals surface area contributed by atoms with E-state index in [0.717, 1.165) is 33.4 Å². The third-order valence-corrected chi connectivity index (χ3v) is 5.37. The van der Waals surface area contributed by atoms with Crippen LogP contribution in [0.5, 0.6) is 0 Å². The van der Waals surface area contributed by atoms with E-state index < -0.39 is 0 Å². The third-order valence-electron chi connectivity index (χ3n) is 5.37. The summed E-state index contributed by atoms with van der Waals surface area (Å²) in [5.41, 5.74) is 11.3. The fraction of sp³-hybridized carbons (Fsp3) is 0.227. The number of nitrogens with zero attached hydrogens (tertiary/aromatic N) is 8. The van der Waals surface area contributed by atoms with E-state index >= 15 is 0 Å². The fourth-order valence-corrected chi connectivity index (χ4v) is 3.78. The van der Waals surface area contributed by atoms with E-state index in [4.69, 9.17) is 10.5 Å². The topological polar surface area (TPSA) is 129 Å². The molecule has 0 amide bonds. The van der Waals surface area contributed by atoms with E-state index in [0.29, 0.717) is 24.7 Å². The smallest absolute Gasteiger partial charge is 0.222 e. The number of aromatic nitrogens is 8. The second-order valence-corrected chi connectivity index (χ2v) is 7.71. The predicted octanol–water partition coefficient (Wildman–Crippen LogP) is 2.52. The highest BCUT2D eigenvalue weighted by Gasteiger charge is 2.18.